The van der Waals surface area contributed by atoms with E-state index >= 15 is 0 Å². The lowest BCUT2D eigenvalue weighted by Gasteiger charge is -2.39. The zero-order valence-electron chi connectivity index (χ0n) is 9.98. The minimum atomic E-state index is -1.57. The van der Waals surface area contributed by atoms with Crippen LogP contribution in [-0.4, -0.2) is 64.6 Å². The summed E-state index contributed by atoms with van der Waals surface area (Å²) in [6.07, 6.45) is -7.09. The Labute approximate surface area is 103 Å². The third kappa shape index (κ3) is 3.64. The molecule has 3 N–H and O–H groups in total. The van der Waals surface area contributed by atoms with Crippen molar-refractivity contribution in [1.82, 2.24) is 0 Å². The van der Waals surface area contributed by atoms with Crippen LogP contribution in [0.2, 0.25) is 0 Å². The number of hydrogen-bond donors (Lipinski definition) is 3. The maximum absolute atomic E-state index is 10.8. The maximum atomic E-state index is 10.8. The minimum Gasteiger partial charge on any atom is -0.463 e. The first-order valence-corrected chi connectivity index (χ1v) is 5.33. The van der Waals surface area contributed by atoms with Gasteiger partial charge in [0.2, 0.25) is 6.29 Å². The molecule has 5 atom stereocenters. The fourth-order valence-corrected chi connectivity index (χ4v) is 1.51. The minimum absolute atomic E-state index is 0.321. The average Bonchev–Trinajstić information content (AvgIpc) is 2.27. The number of carbonyl (C=O) groups excluding carboxylic acids is 2. The van der Waals surface area contributed by atoms with Gasteiger partial charge in [-0.05, 0) is 0 Å². The fraction of sp³-hybridized carbons (Fsp3) is 0.800. The van der Waals surface area contributed by atoms with Crippen molar-refractivity contribution >= 4 is 11.9 Å². The summed E-state index contributed by atoms with van der Waals surface area (Å²) in [5.41, 5.74) is 0. The van der Waals surface area contributed by atoms with E-state index in [1.807, 2.05) is 0 Å². The maximum Gasteiger partial charge on any atom is 0.305 e. The van der Waals surface area contributed by atoms with E-state index < -0.39 is 42.6 Å². The number of esters is 2. The monoisotopic (exact) mass is 264 g/mol. The lowest BCUT2D eigenvalue weighted by Crippen LogP contribution is -2.59. The first kappa shape index (κ1) is 14.8. The predicted octanol–water partition coefficient (Wildman–Crippen LogP) is -2.08. The van der Waals surface area contributed by atoms with E-state index in [0.717, 1.165) is 6.92 Å². The van der Waals surface area contributed by atoms with Crippen LogP contribution in [0, 0.1) is 0 Å². The van der Waals surface area contributed by atoms with Gasteiger partial charge in [-0.1, -0.05) is 0 Å². The van der Waals surface area contributed by atoms with Crippen LogP contribution in [0.25, 0.3) is 0 Å². The van der Waals surface area contributed by atoms with E-state index in [9.17, 15) is 24.9 Å². The van der Waals surface area contributed by atoms with Gasteiger partial charge >= 0.3 is 11.9 Å². The van der Waals surface area contributed by atoms with Crippen LogP contribution in [0.15, 0.2) is 0 Å². The summed E-state index contributed by atoms with van der Waals surface area (Å²) in [5.74, 6) is -1.30. The third-order valence-corrected chi connectivity index (χ3v) is 2.40. The van der Waals surface area contributed by atoms with Gasteiger partial charge in [0.1, 0.15) is 31.0 Å². The van der Waals surface area contributed by atoms with Crippen LogP contribution in [-0.2, 0) is 23.8 Å². The molecular formula is C10H16O8. The van der Waals surface area contributed by atoms with Crippen molar-refractivity contribution in [3.8, 4) is 0 Å². The van der Waals surface area contributed by atoms with Crippen LogP contribution in [0.1, 0.15) is 13.8 Å². The Morgan fingerprint density at radius 1 is 1.06 bits per heavy atom. The Balaban J connectivity index is 2.67. The van der Waals surface area contributed by atoms with Crippen molar-refractivity contribution in [1.29, 1.82) is 0 Å². The molecule has 0 saturated carbocycles. The summed E-state index contributed by atoms with van der Waals surface area (Å²) in [6.45, 7) is 1.96. The van der Waals surface area contributed by atoms with Crippen molar-refractivity contribution in [2.45, 2.75) is 44.6 Å². The van der Waals surface area contributed by atoms with Gasteiger partial charge in [0.25, 0.3) is 0 Å². The molecule has 8 nitrogen and oxygen atoms in total. The van der Waals surface area contributed by atoms with Crippen LogP contribution in [0.4, 0.5) is 0 Å². The lowest BCUT2D eigenvalue weighted by molar-refractivity contribution is -0.292. The smallest absolute Gasteiger partial charge is 0.305 e. The van der Waals surface area contributed by atoms with Gasteiger partial charge in [-0.15, -0.1) is 0 Å². The first-order valence-electron chi connectivity index (χ1n) is 5.33. The molecule has 104 valence electrons. The van der Waals surface area contributed by atoms with Crippen molar-refractivity contribution in [2.75, 3.05) is 6.61 Å². The highest BCUT2D eigenvalue weighted by atomic mass is 16.7. The summed E-state index contributed by atoms with van der Waals surface area (Å²) in [6, 6.07) is 0. The van der Waals surface area contributed by atoms with Gasteiger partial charge in [-0.25, -0.2) is 0 Å². The van der Waals surface area contributed by atoms with Crippen molar-refractivity contribution in [3.05, 3.63) is 0 Å². The number of ether oxygens (including phenoxy) is 3. The second-order valence-corrected chi connectivity index (χ2v) is 3.93. The zero-order valence-corrected chi connectivity index (χ0v) is 9.98. The third-order valence-electron chi connectivity index (χ3n) is 2.40. The van der Waals surface area contributed by atoms with Gasteiger partial charge in [-0.2, -0.15) is 0 Å². The predicted molar refractivity (Wildman–Crippen MR) is 55.1 cm³/mol. The van der Waals surface area contributed by atoms with E-state index in [2.05, 4.69) is 9.47 Å². The Bertz CT molecular complexity index is 315. The van der Waals surface area contributed by atoms with E-state index in [4.69, 9.17) is 4.74 Å². The lowest BCUT2D eigenvalue weighted by atomic mass is 9.99. The van der Waals surface area contributed by atoms with E-state index in [1.54, 1.807) is 0 Å². The molecule has 0 aromatic heterocycles. The molecule has 1 aliphatic heterocycles. The Kier molecular flexibility index (Phi) is 5.03. The molecule has 0 radical (unpaired) electrons. The van der Waals surface area contributed by atoms with Crippen molar-refractivity contribution in [3.63, 3.8) is 0 Å². The molecule has 0 aromatic rings. The first-order chi connectivity index (χ1) is 8.32. The number of aliphatic hydroxyl groups excluding tert-OH is 3. The summed E-state index contributed by atoms with van der Waals surface area (Å²) < 4.78 is 14.3. The van der Waals surface area contributed by atoms with E-state index in [0.29, 0.717) is 0 Å². The average molecular weight is 264 g/mol. The largest absolute Gasteiger partial charge is 0.463 e. The highest BCUT2D eigenvalue weighted by Crippen LogP contribution is 2.22. The van der Waals surface area contributed by atoms with Crippen LogP contribution in [0.5, 0.6) is 0 Å². The number of carbonyl (C=O) groups is 2. The molecule has 1 fully saturated rings. The standard InChI is InChI=1S/C10H16O8/c1-4(11)16-3-6-7(13)8(14)9(15)10(18-6)17-5(2)12/h6-10,13-15H,3H2,1-2H3/t6?,7-,8?,9?,10-/m1/s1. The second kappa shape index (κ2) is 6.10. The molecule has 1 aliphatic rings. The Hall–Kier alpha value is -1.22. The summed E-state index contributed by atoms with van der Waals surface area (Å²) in [4.78, 5) is 21.4. The molecule has 1 saturated heterocycles. The van der Waals surface area contributed by atoms with Crippen LogP contribution < -0.4 is 0 Å². The molecule has 0 aliphatic carbocycles. The van der Waals surface area contributed by atoms with Gasteiger partial charge in [-0.3, -0.25) is 9.59 Å². The van der Waals surface area contributed by atoms with E-state index in [-0.39, 0.29) is 6.61 Å². The van der Waals surface area contributed by atoms with Crippen molar-refractivity contribution in [2.24, 2.45) is 0 Å². The van der Waals surface area contributed by atoms with Gasteiger partial charge in [0, 0.05) is 13.8 Å². The molecule has 3 unspecified atom stereocenters. The molecule has 8 heteroatoms. The summed E-state index contributed by atoms with van der Waals surface area (Å²) in [5, 5.41) is 28.7. The Morgan fingerprint density at radius 2 is 1.67 bits per heavy atom. The number of hydrogen-bond acceptors (Lipinski definition) is 8. The molecule has 0 bridgehead atoms. The molecule has 1 heterocycles. The molecule has 0 amide bonds. The molecule has 0 aromatic carbocycles. The van der Waals surface area contributed by atoms with E-state index in [1.165, 1.54) is 6.92 Å². The Morgan fingerprint density at radius 3 is 2.17 bits per heavy atom. The summed E-state index contributed by atoms with van der Waals surface area (Å²) in [7, 11) is 0. The van der Waals surface area contributed by atoms with Gasteiger partial charge in [0.05, 0.1) is 0 Å². The van der Waals surface area contributed by atoms with Gasteiger partial charge in [0.15, 0.2) is 0 Å². The van der Waals surface area contributed by atoms with Crippen molar-refractivity contribution < 1.29 is 39.1 Å². The number of aliphatic hydroxyl groups is 3. The molecular weight excluding hydrogens is 248 g/mol. The SMILES string of the molecule is CC(=O)OCC1O[C@@H](OC(C)=O)C(O)C(O)[C@@H]1O. The normalized spacial score (nSPS) is 35.9. The topological polar surface area (TPSA) is 123 Å². The number of rotatable bonds is 3. The molecule has 1 rings (SSSR count). The van der Waals surface area contributed by atoms with Crippen LogP contribution in [0.3, 0.4) is 0 Å². The molecule has 18 heavy (non-hydrogen) atoms. The van der Waals surface area contributed by atoms with Gasteiger partial charge < -0.3 is 29.5 Å². The highest BCUT2D eigenvalue weighted by molar-refractivity contribution is 5.66. The quantitative estimate of drug-likeness (QED) is 0.496. The fourth-order valence-electron chi connectivity index (χ4n) is 1.51. The second-order valence-electron chi connectivity index (χ2n) is 3.93. The summed E-state index contributed by atoms with van der Waals surface area (Å²) >= 11 is 0. The van der Waals surface area contributed by atoms with Crippen LogP contribution >= 0.6 is 0 Å². The molecule has 0 spiro atoms. The zero-order chi connectivity index (χ0) is 13.9. The highest BCUT2D eigenvalue weighted by Gasteiger charge is 2.45.